The monoisotopic (exact) mass is 369 g/mol. The van der Waals surface area contributed by atoms with E-state index in [1.54, 1.807) is 36.8 Å². The predicted octanol–water partition coefficient (Wildman–Crippen LogP) is 2.78. The van der Waals surface area contributed by atoms with Gasteiger partial charge in [0.2, 0.25) is 10.0 Å². The Labute approximate surface area is 152 Å². The Balaban J connectivity index is 1.61. The molecule has 0 spiro atoms. The molecule has 1 aliphatic heterocycles. The summed E-state index contributed by atoms with van der Waals surface area (Å²) in [5.41, 5.74) is 1.68. The molecule has 4 rings (SSSR count). The number of sulfonamides is 1. The van der Waals surface area contributed by atoms with Crippen LogP contribution in [0.3, 0.4) is 0 Å². The van der Waals surface area contributed by atoms with Gasteiger partial charge in [0.05, 0.1) is 23.2 Å². The number of benzene rings is 1. The third-order valence-electron chi connectivity index (χ3n) is 4.59. The van der Waals surface area contributed by atoms with Crippen molar-refractivity contribution in [2.75, 3.05) is 13.1 Å². The van der Waals surface area contributed by atoms with E-state index in [2.05, 4.69) is 9.97 Å². The van der Waals surface area contributed by atoms with Gasteiger partial charge in [-0.15, -0.1) is 0 Å². The Morgan fingerprint density at radius 2 is 2.00 bits per heavy atom. The van der Waals surface area contributed by atoms with Crippen LogP contribution in [0, 0.1) is 6.92 Å². The van der Waals surface area contributed by atoms with E-state index >= 15 is 0 Å². The quantitative estimate of drug-likeness (QED) is 0.707. The molecule has 7 heteroatoms. The third-order valence-corrected chi connectivity index (χ3v) is 6.52. The van der Waals surface area contributed by atoms with E-state index in [-0.39, 0.29) is 6.10 Å². The van der Waals surface area contributed by atoms with E-state index in [9.17, 15) is 8.42 Å². The molecule has 0 radical (unpaired) electrons. The molecule has 0 unspecified atom stereocenters. The zero-order valence-electron chi connectivity index (χ0n) is 14.4. The van der Waals surface area contributed by atoms with Gasteiger partial charge in [-0.2, -0.15) is 4.31 Å². The van der Waals surface area contributed by atoms with Gasteiger partial charge in [-0.3, -0.25) is 9.97 Å². The van der Waals surface area contributed by atoms with E-state index in [4.69, 9.17) is 4.74 Å². The first-order valence-electron chi connectivity index (χ1n) is 8.47. The van der Waals surface area contributed by atoms with Crippen LogP contribution in [0.15, 0.2) is 59.9 Å². The summed E-state index contributed by atoms with van der Waals surface area (Å²) in [7, 11) is -3.61. The van der Waals surface area contributed by atoms with Gasteiger partial charge in [-0.25, -0.2) is 8.42 Å². The molecule has 0 saturated carbocycles. The fourth-order valence-electron chi connectivity index (χ4n) is 3.27. The maximum Gasteiger partial charge on any atom is 0.243 e. The number of rotatable bonds is 4. The minimum absolute atomic E-state index is 0.177. The molecule has 3 heterocycles. The van der Waals surface area contributed by atoms with E-state index < -0.39 is 10.0 Å². The number of aryl methyl sites for hydroxylation is 1. The van der Waals surface area contributed by atoms with Crippen molar-refractivity contribution in [2.24, 2.45) is 0 Å². The largest absolute Gasteiger partial charge is 0.487 e. The smallest absolute Gasteiger partial charge is 0.243 e. The lowest BCUT2D eigenvalue weighted by molar-refractivity contribution is 0.214. The van der Waals surface area contributed by atoms with E-state index in [1.165, 1.54) is 4.31 Å². The van der Waals surface area contributed by atoms with Gasteiger partial charge in [0, 0.05) is 24.3 Å². The lowest BCUT2D eigenvalue weighted by Crippen LogP contribution is -2.31. The third kappa shape index (κ3) is 3.04. The second-order valence-corrected chi connectivity index (χ2v) is 8.27. The summed E-state index contributed by atoms with van der Waals surface area (Å²) in [5.74, 6) is 0.654. The highest BCUT2D eigenvalue weighted by atomic mass is 32.2. The van der Waals surface area contributed by atoms with Crippen LogP contribution in [-0.4, -0.2) is 41.9 Å². The van der Waals surface area contributed by atoms with Gasteiger partial charge in [0.15, 0.2) is 0 Å². The summed E-state index contributed by atoms with van der Waals surface area (Å²) in [5, 5.41) is 0.657. The molecule has 1 atom stereocenters. The highest BCUT2D eigenvalue weighted by Gasteiger charge is 2.34. The number of nitrogens with zero attached hydrogens (tertiary/aromatic N) is 3. The normalized spacial score (nSPS) is 18.3. The molecule has 1 aliphatic rings. The molecule has 26 heavy (non-hydrogen) atoms. The van der Waals surface area contributed by atoms with Crippen LogP contribution in [0.25, 0.3) is 10.9 Å². The van der Waals surface area contributed by atoms with Crippen LogP contribution in [0.2, 0.25) is 0 Å². The number of hydrogen-bond donors (Lipinski definition) is 0. The SMILES string of the molecule is Cc1ccc(S(=O)(=O)N2CC[C@H](Oc3cccnc3)C2)c2cccnc12. The Morgan fingerprint density at radius 1 is 1.15 bits per heavy atom. The summed E-state index contributed by atoms with van der Waals surface area (Å²) < 4.78 is 33.7. The van der Waals surface area contributed by atoms with Crippen molar-refractivity contribution in [2.45, 2.75) is 24.3 Å². The Bertz CT molecular complexity index is 1040. The first-order chi connectivity index (χ1) is 12.6. The molecule has 1 saturated heterocycles. The summed E-state index contributed by atoms with van der Waals surface area (Å²) in [6, 6.07) is 10.7. The van der Waals surface area contributed by atoms with Gasteiger partial charge in [-0.1, -0.05) is 6.07 Å². The lowest BCUT2D eigenvalue weighted by Gasteiger charge is -2.18. The number of fused-ring (bicyclic) bond motifs is 1. The standard InChI is InChI=1S/C19H19N3O3S/c1-14-6-7-18(17-5-3-10-21-19(14)17)26(23,24)22-11-8-16(13-22)25-15-4-2-9-20-12-15/h2-7,9-10,12,16H,8,11,13H2,1H3/t16-/m0/s1. The van der Waals surface area contributed by atoms with E-state index in [0.717, 1.165) is 11.1 Å². The van der Waals surface area contributed by atoms with Gasteiger partial charge in [-0.05, 0) is 49.2 Å². The molecule has 0 aliphatic carbocycles. The summed E-state index contributed by atoms with van der Waals surface area (Å²) >= 11 is 0. The highest BCUT2D eigenvalue weighted by molar-refractivity contribution is 7.89. The van der Waals surface area contributed by atoms with Crippen LogP contribution in [0.4, 0.5) is 0 Å². The number of aromatic nitrogens is 2. The van der Waals surface area contributed by atoms with Gasteiger partial charge in [0.25, 0.3) is 0 Å². The lowest BCUT2D eigenvalue weighted by atomic mass is 10.1. The number of ether oxygens (including phenoxy) is 1. The van der Waals surface area contributed by atoms with Crippen molar-refractivity contribution in [3.8, 4) is 5.75 Å². The van der Waals surface area contributed by atoms with Crippen LogP contribution in [0.5, 0.6) is 5.75 Å². The highest BCUT2D eigenvalue weighted by Crippen LogP contribution is 2.29. The maximum atomic E-state index is 13.2. The molecule has 134 valence electrons. The fraction of sp³-hybridized carbons (Fsp3) is 0.263. The fourth-order valence-corrected chi connectivity index (χ4v) is 4.94. The van der Waals surface area contributed by atoms with Crippen molar-refractivity contribution >= 4 is 20.9 Å². The Kier molecular flexibility index (Phi) is 4.34. The van der Waals surface area contributed by atoms with Crippen molar-refractivity contribution in [3.05, 3.63) is 60.6 Å². The minimum atomic E-state index is -3.61. The number of hydrogen-bond acceptors (Lipinski definition) is 5. The molecule has 1 fully saturated rings. The first kappa shape index (κ1) is 16.9. The van der Waals surface area contributed by atoms with Crippen LogP contribution < -0.4 is 4.74 Å². The zero-order chi connectivity index (χ0) is 18.1. The first-order valence-corrected chi connectivity index (χ1v) is 9.91. The second-order valence-electron chi connectivity index (χ2n) is 6.36. The molecule has 1 aromatic carbocycles. The molecular weight excluding hydrogens is 350 g/mol. The summed E-state index contributed by atoms with van der Waals surface area (Å²) in [6.45, 7) is 2.69. The average Bonchev–Trinajstić information content (AvgIpc) is 3.12. The number of pyridine rings is 2. The Morgan fingerprint density at radius 3 is 2.81 bits per heavy atom. The van der Waals surface area contributed by atoms with Crippen molar-refractivity contribution < 1.29 is 13.2 Å². The second kappa shape index (κ2) is 6.66. The summed E-state index contributed by atoms with van der Waals surface area (Å²) in [4.78, 5) is 8.66. The molecular formula is C19H19N3O3S. The van der Waals surface area contributed by atoms with Crippen molar-refractivity contribution in [1.82, 2.24) is 14.3 Å². The molecule has 6 nitrogen and oxygen atoms in total. The van der Waals surface area contributed by atoms with Gasteiger partial charge in [0.1, 0.15) is 11.9 Å². The Hall–Kier alpha value is -2.51. The average molecular weight is 369 g/mol. The van der Waals surface area contributed by atoms with Crippen molar-refractivity contribution in [1.29, 1.82) is 0 Å². The zero-order valence-corrected chi connectivity index (χ0v) is 15.2. The maximum absolute atomic E-state index is 13.2. The molecule has 0 N–H and O–H groups in total. The predicted molar refractivity (Wildman–Crippen MR) is 98.5 cm³/mol. The van der Waals surface area contributed by atoms with Crippen molar-refractivity contribution in [3.63, 3.8) is 0 Å². The molecule has 3 aromatic rings. The van der Waals surface area contributed by atoms with E-state index in [1.807, 2.05) is 25.1 Å². The molecule has 0 bridgehead atoms. The molecule has 2 aromatic heterocycles. The van der Waals surface area contributed by atoms with E-state index in [0.29, 0.717) is 35.5 Å². The van der Waals surface area contributed by atoms with Crippen LogP contribution in [-0.2, 0) is 10.0 Å². The van der Waals surface area contributed by atoms with Gasteiger partial charge < -0.3 is 4.74 Å². The minimum Gasteiger partial charge on any atom is -0.487 e. The van der Waals surface area contributed by atoms with Gasteiger partial charge >= 0.3 is 0 Å². The van der Waals surface area contributed by atoms with Crippen LogP contribution in [0.1, 0.15) is 12.0 Å². The summed E-state index contributed by atoms with van der Waals surface area (Å²) in [6.07, 6.45) is 5.46. The topological polar surface area (TPSA) is 72.4 Å². The molecule has 0 amide bonds. The van der Waals surface area contributed by atoms with Crippen LogP contribution >= 0.6 is 0 Å².